The summed E-state index contributed by atoms with van der Waals surface area (Å²) < 4.78 is 48.9. The molecule has 314 valence electrons. The monoisotopic (exact) mass is 850 g/mol. The predicted molar refractivity (Wildman–Crippen MR) is 283 cm³/mol. The first kappa shape index (κ1) is 34.7. The Balaban J connectivity index is 1.07. The maximum Gasteiger partial charge on any atom is 0.0623 e. The lowest BCUT2D eigenvalue weighted by atomic mass is 9.95. The molecule has 10 aromatic carbocycles. The van der Waals surface area contributed by atoms with E-state index in [2.05, 4.69) is 143 Å². The molecule has 0 aliphatic carbocycles. The summed E-state index contributed by atoms with van der Waals surface area (Å²) in [4.78, 5) is 4.35. The molecule has 0 amide bonds. The molecule has 0 spiro atoms. The standard InChI is InChI=1S/C64H48N2/c1-3-47-19-17-29-59(43-47)65(63-41-35-55(49-21-9-5-10-22-49)45-61(63)53-25-13-7-14-26-53)57-37-31-51(32-38-57)52-33-39-58(40-34-52)66(60-30-18-20-48(4-2)44-60)64-42-36-56(50-23-11-6-12-24-50)46-62(64)54-27-15-8-16-28-54/h3-46H,1-2H2/i1D2,2D2,3D,4D. The first-order valence-electron chi connectivity index (χ1n) is 25.0. The molecule has 10 aromatic rings. The van der Waals surface area contributed by atoms with E-state index in [1.165, 1.54) is 0 Å². The lowest BCUT2D eigenvalue weighted by molar-refractivity contribution is 1.28. The maximum absolute atomic E-state index is 8.57. The van der Waals surface area contributed by atoms with Crippen molar-refractivity contribution in [3.63, 3.8) is 0 Å². The van der Waals surface area contributed by atoms with Crippen molar-refractivity contribution in [2.45, 2.75) is 0 Å². The minimum absolute atomic E-state index is 0.155. The summed E-state index contributed by atoms with van der Waals surface area (Å²) in [5.74, 6) is 0. The number of hydrogen-bond acceptors (Lipinski definition) is 2. The fraction of sp³-hybridized carbons (Fsp3) is 0. The van der Waals surface area contributed by atoms with E-state index in [9.17, 15) is 0 Å². The molecule has 0 bridgehead atoms. The van der Waals surface area contributed by atoms with Crippen molar-refractivity contribution in [3.05, 3.63) is 279 Å². The van der Waals surface area contributed by atoms with Crippen LogP contribution in [0.15, 0.2) is 268 Å². The van der Waals surface area contributed by atoms with Gasteiger partial charge in [0.2, 0.25) is 0 Å². The third kappa shape index (κ3) is 8.64. The van der Waals surface area contributed by atoms with Gasteiger partial charge in [-0.2, -0.15) is 0 Å². The van der Waals surface area contributed by atoms with Crippen LogP contribution in [0.3, 0.4) is 0 Å². The van der Waals surface area contributed by atoms with Crippen molar-refractivity contribution in [2.24, 2.45) is 0 Å². The topological polar surface area (TPSA) is 6.48 Å². The zero-order valence-corrected chi connectivity index (χ0v) is 36.1. The molecule has 2 heteroatoms. The molecule has 0 aliphatic rings. The van der Waals surface area contributed by atoms with Gasteiger partial charge >= 0.3 is 0 Å². The smallest absolute Gasteiger partial charge is 0.0623 e. The van der Waals surface area contributed by atoms with Gasteiger partial charge in [0.1, 0.15) is 0 Å². The summed E-state index contributed by atoms with van der Waals surface area (Å²) >= 11 is 0. The van der Waals surface area contributed by atoms with Crippen molar-refractivity contribution in [1.82, 2.24) is 0 Å². The van der Waals surface area contributed by atoms with Gasteiger partial charge in [0, 0.05) is 33.9 Å². The number of benzene rings is 10. The van der Waals surface area contributed by atoms with Crippen LogP contribution < -0.4 is 9.80 Å². The third-order valence-electron chi connectivity index (χ3n) is 11.9. The normalized spacial score (nSPS) is 12.0. The average molecular weight is 851 g/mol. The lowest BCUT2D eigenvalue weighted by Gasteiger charge is -2.29. The molecule has 0 N–H and O–H groups in total. The Morgan fingerprint density at radius 2 is 0.621 bits per heavy atom. The molecule has 0 radical (unpaired) electrons. The summed E-state index contributed by atoms with van der Waals surface area (Å²) in [6.45, 7) is -1.10. The van der Waals surface area contributed by atoms with Crippen molar-refractivity contribution < 1.29 is 8.22 Å². The van der Waals surface area contributed by atoms with Crippen molar-refractivity contribution in [3.8, 4) is 55.6 Å². The molecule has 0 saturated carbocycles. The Morgan fingerprint density at radius 3 is 0.985 bits per heavy atom. The minimum Gasteiger partial charge on any atom is -0.310 e. The second kappa shape index (κ2) is 18.9. The maximum atomic E-state index is 8.57. The summed E-state index contributed by atoms with van der Waals surface area (Å²) in [6, 6.07) is 85.8. The van der Waals surface area contributed by atoms with E-state index in [0.29, 0.717) is 11.1 Å². The zero-order valence-electron chi connectivity index (χ0n) is 42.1. The second-order valence-electron chi connectivity index (χ2n) is 16.0. The Bertz CT molecular complexity index is 3320. The quantitative estimate of drug-likeness (QED) is 0.114. The molecule has 2 nitrogen and oxygen atoms in total. The molecule has 0 aromatic heterocycles. The average Bonchev–Trinajstić information content (AvgIpc) is 3.44. The van der Waals surface area contributed by atoms with E-state index in [0.717, 1.165) is 89.8 Å². The zero-order chi connectivity index (χ0) is 49.6. The molecule has 0 atom stereocenters. The Morgan fingerprint density at radius 1 is 0.288 bits per heavy atom. The summed E-state index contributed by atoms with van der Waals surface area (Å²) in [7, 11) is 0. The fourth-order valence-corrected chi connectivity index (χ4v) is 8.69. The van der Waals surface area contributed by atoms with E-state index in [4.69, 9.17) is 8.22 Å². The van der Waals surface area contributed by atoms with Crippen molar-refractivity contribution in [2.75, 3.05) is 9.80 Å². The number of rotatable bonds is 13. The van der Waals surface area contributed by atoms with E-state index in [-0.39, 0.29) is 12.1 Å². The highest BCUT2D eigenvalue weighted by Gasteiger charge is 2.21. The number of anilines is 6. The molecule has 0 fully saturated rings. The molecular weight excluding hydrogens is 797 g/mol. The van der Waals surface area contributed by atoms with Gasteiger partial charge in [-0.05, 0) is 128 Å². The van der Waals surface area contributed by atoms with Crippen LogP contribution in [-0.4, -0.2) is 0 Å². The summed E-state index contributed by atoms with van der Waals surface area (Å²) in [5.41, 5.74) is 16.6. The molecule has 0 aliphatic heterocycles. The van der Waals surface area contributed by atoms with Crippen molar-refractivity contribution >= 4 is 46.2 Å². The van der Waals surface area contributed by atoms with Crippen LogP contribution in [-0.2, 0) is 0 Å². The Kier molecular flexibility index (Phi) is 9.97. The Hall–Kier alpha value is -8.72. The molecule has 66 heavy (non-hydrogen) atoms. The van der Waals surface area contributed by atoms with Gasteiger partial charge in [0.05, 0.1) is 19.6 Å². The summed E-state index contributed by atoms with van der Waals surface area (Å²) in [5, 5.41) is 0. The van der Waals surface area contributed by atoms with Crippen molar-refractivity contribution in [1.29, 1.82) is 0 Å². The van der Waals surface area contributed by atoms with Gasteiger partial charge in [0.25, 0.3) is 0 Å². The van der Waals surface area contributed by atoms with Crippen LogP contribution >= 0.6 is 0 Å². The number of hydrogen-bond donors (Lipinski definition) is 0. The molecular formula is C64H48N2. The first-order chi connectivity index (χ1) is 35.2. The van der Waals surface area contributed by atoms with Crippen LogP contribution in [0.2, 0.25) is 0 Å². The van der Waals surface area contributed by atoms with Gasteiger partial charge in [0.15, 0.2) is 0 Å². The molecule has 0 saturated heterocycles. The minimum atomic E-state index is -0.550. The van der Waals surface area contributed by atoms with Gasteiger partial charge < -0.3 is 9.80 Å². The summed E-state index contributed by atoms with van der Waals surface area (Å²) in [6.07, 6.45) is 0. The lowest BCUT2D eigenvalue weighted by Crippen LogP contribution is -2.12. The van der Waals surface area contributed by atoms with Gasteiger partial charge in [-0.25, -0.2) is 0 Å². The van der Waals surface area contributed by atoms with Gasteiger partial charge in [-0.1, -0.05) is 207 Å². The van der Waals surface area contributed by atoms with Crippen LogP contribution in [0.1, 0.15) is 19.4 Å². The molecule has 0 unspecified atom stereocenters. The van der Waals surface area contributed by atoms with E-state index >= 15 is 0 Å². The number of nitrogens with zero attached hydrogens (tertiary/aromatic N) is 2. The fourth-order valence-electron chi connectivity index (χ4n) is 8.69. The van der Waals surface area contributed by atoms with Gasteiger partial charge in [-0.3, -0.25) is 0 Å². The van der Waals surface area contributed by atoms with Crippen LogP contribution in [0, 0.1) is 0 Å². The third-order valence-corrected chi connectivity index (χ3v) is 11.9. The molecule has 0 heterocycles. The highest BCUT2D eigenvalue weighted by Crippen LogP contribution is 2.45. The Labute approximate surface area is 397 Å². The highest BCUT2D eigenvalue weighted by atomic mass is 15.1. The highest BCUT2D eigenvalue weighted by molar-refractivity contribution is 5.93. The van der Waals surface area contributed by atoms with Crippen LogP contribution in [0.25, 0.3) is 67.7 Å². The SMILES string of the molecule is [2H]C([2H])=C([2H])c1cccc(N(c2ccc(-c3ccc(N(c4cccc(C([2H])=C([2H])[2H])c4)c4ccc(-c5ccccc5)cc4-c4ccccc4)cc3)cc2)c2ccc(-c3ccccc3)cc2-c2ccccc2)c1. The first-order valence-corrected chi connectivity index (χ1v) is 22.0. The molecule has 10 rings (SSSR count). The largest absolute Gasteiger partial charge is 0.310 e. The van der Waals surface area contributed by atoms with E-state index in [1.807, 2.05) is 109 Å². The predicted octanol–water partition coefficient (Wildman–Crippen LogP) is 18.2. The van der Waals surface area contributed by atoms with Crippen LogP contribution in [0.4, 0.5) is 34.1 Å². The second-order valence-corrected chi connectivity index (χ2v) is 16.0. The van der Waals surface area contributed by atoms with E-state index in [1.54, 1.807) is 12.1 Å². The van der Waals surface area contributed by atoms with Gasteiger partial charge in [-0.15, -0.1) is 0 Å². The van der Waals surface area contributed by atoms with Crippen LogP contribution in [0.5, 0.6) is 0 Å². The van der Waals surface area contributed by atoms with E-state index < -0.39 is 13.1 Å².